The molecule has 4 amide bonds. The maximum Gasteiger partial charge on any atom is 0.255 e. The number of piperidine rings is 2. The number of benzene rings is 1. The molecule has 0 saturated carbocycles. The Morgan fingerprint density at radius 1 is 1.14 bits per heavy atom. The number of imide groups is 1. The van der Waals surface area contributed by atoms with Gasteiger partial charge in [-0.2, -0.15) is 0 Å². The Hall–Kier alpha value is -2.74. The second-order valence-corrected chi connectivity index (χ2v) is 7.72. The van der Waals surface area contributed by atoms with E-state index >= 15 is 0 Å². The van der Waals surface area contributed by atoms with Crippen LogP contribution in [0.25, 0.3) is 0 Å². The predicted octanol–water partition coefficient (Wildman–Crippen LogP) is 0.776. The van der Waals surface area contributed by atoms with Crippen molar-refractivity contribution in [1.29, 1.82) is 0 Å². The molecule has 8 heteroatoms. The molecule has 1 atom stereocenters. The van der Waals surface area contributed by atoms with E-state index in [2.05, 4.69) is 16.0 Å². The molecule has 8 nitrogen and oxygen atoms in total. The summed E-state index contributed by atoms with van der Waals surface area (Å²) in [5.74, 6) is -0.549. The molecule has 28 heavy (non-hydrogen) atoms. The lowest BCUT2D eigenvalue weighted by atomic mass is 9.94. The van der Waals surface area contributed by atoms with Gasteiger partial charge in [0.25, 0.3) is 5.91 Å². The average Bonchev–Trinajstić information content (AvgIpc) is 2.98. The Morgan fingerprint density at radius 3 is 2.68 bits per heavy atom. The minimum Gasteiger partial charge on any atom is -0.326 e. The van der Waals surface area contributed by atoms with Crippen LogP contribution in [-0.2, 0) is 20.9 Å². The molecule has 0 aromatic heterocycles. The van der Waals surface area contributed by atoms with Crippen LogP contribution in [0.1, 0.15) is 48.0 Å². The molecular formula is C20H24N4O4. The molecular weight excluding hydrogens is 360 g/mol. The Labute approximate surface area is 163 Å². The zero-order chi connectivity index (χ0) is 19.7. The van der Waals surface area contributed by atoms with E-state index in [1.54, 1.807) is 18.2 Å². The molecule has 148 valence electrons. The highest BCUT2D eigenvalue weighted by atomic mass is 16.2. The Balaban J connectivity index is 1.41. The summed E-state index contributed by atoms with van der Waals surface area (Å²) in [7, 11) is 0. The van der Waals surface area contributed by atoms with Gasteiger partial charge in [0.1, 0.15) is 6.04 Å². The molecule has 1 unspecified atom stereocenters. The predicted molar refractivity (Wildman–Crippen MR) is 101 cm³/mol. The number of nitrogens with zero attached hydrogens (tertiary/aromatic N) is 1. The van der Waals surface area contributed by atoms with E-state index in [4.69, 9.17) is 0 Å². The third-order valence-electron chi connectivity index (χ3n) is 5.74. The number of carbonyl (C=O) groups is 4. The van der Waals surface area contributed by atoms with Gasteiger partial charge >= 0.3 is 0 Å². The maximum atomic E-state index is 12.7. The molecule has 4 rings (SSSR count). The number of nitrogens with one attached hydrogen (secondary N) is 3. The van der Waals surface area contributed by atoms with E-state index < -0.39 is 11.9 Å². The minimum absolute atomic E-state index is 0.0156. The lowest BCUT2D eigenvalue weighted by Gasteiger charge is -2.29. The summed E-state index contributed by atoms with van der Waals surface area (Å²) in [6.45, 7) is 2.21. The van der Waals surface area contributed by atoms with Crippen LogP contribution in [0.3, 0.4) is 0 Å². The molecule has 0 bridgehead atoms. The Morgan fingerprint density at radius 2 is 1.93 bits per heavy atom. The van der Waals surface area contributed by atoms with Crippen LogP contribution >= 0.6 is 0 Å². The second kappa shape index (κ2) is 7.71. The first-order valence-corrected chi connectivity index (χ1v) is 9.79. The average molecular weight is 384 g/mol. The fourth-order valence-corrected chi connectivity index (χ4v) is 4.21. The number of carbonyl (C=O) groups excluding carboxylic acids is 4. The molecule has 3 heterocycles. The summed E-state index contributed by atoms with van der Waals surface area (Å²) in [5, 5.41) is 8.52. The highest BCUT2D eigenvalue weighted by Gasteiger charge is 2.39. The Kier molecular flexibility index (Phi) is 5.13. The van der Waals surface area contributed by atoms with E-state index in [1.165, 1.54) is 4.90 Å². The number of fused-ring (bicyclic) bond motifs is 1. The summed E-state index contributed by atoms with van der Waals surface area (Å²) < 4.78 is 0. The fraction of sp³-hybridized carbons (Fsp3) is 0.500. The zero-order valence-electron chi connectivity index (χ0n) is 15.6. The molecule has 2 fully saturated rings. The molecule has 0 aliphatic carbocycles. The zero-order valence-corrected chi connectivity index (χ0v) is 15.6. The van der Waals surface area contributed by atoms with E-state index in [0.717, 1.165) is 31.5 Å². The monoisotopic (exact) mass is 384 g/mol. The normalized spacial score (nSPS) is 22.8. The van der Waals surface area contributed by atoms with E-state index in [9.17, 15) is 19.2 Å². The number of amides is 4. The molecule has 2 saturated heterocycles. The van der Waals surface area contributed by atoms with Crippen LogP contribution < -0.4 is 16.0 Å². The van der Waals surface area contributed by atoms with Gasteiger partial charge in [0.05, 0.1) is 0 Å². The number of hydrogen-bond donors (Lipinski definition) is 3. The summed E-state index contributed by atoms with van der Waals surface area (Å²) in [6, 6.07) is 4.60. The van der Waals surface area contributed by atoms with Gasteiger partial charge in [0.2, 0.25) is 17.7 Å². The summed E-state index contributed by atoms with van der Waals surface area (Å²) >= 11 is 0. The molecule has 3 N–H and O–H groups in total. The van der Waals surface area contributed by atoms with Crippen LogP contribution in [0.4, 0.5) is 5.69 Å². The van der Waals surface area contributed by atoms with Crippen molar-refractivity contribution >= 4 is 29.3 Å². The van der Waals surface area contributed by atoms with Crippen molar-refractivity contribution in [3.8, 4) is 0 Å². The molecule has 0 spiro atoms. The number of anilines is 1. The number of hydrogen-bond acceptors (Lipinski definition) is 5. The van der Waals surface area contributed by atoms with E-state index in [1.807, 2.05) is 0 Å². The van der Waals surface area contributed by atoms with Gasteiger partial charge in [-0.25, -0.2) is 0 Å². The van der Waals surface area contributed by atoms with E-state index in [-0.39, 0.29) is 24.1 Å². The van der Waals surface area contributed by atoms with Crippen molar-refractivity contribution in [3.63, 3.8) is 0 Å². The summed E-state index contributed by atoms with van der Waals surface area (Å²) in [5.41, 5.74) is 1.99. The third-order valence-corrected chi connectivity index (χ3v) is 5.74. The van der Waals surface area contributed by atoms with E-state index in [0.29, 0.717) is 36.6 Å². The maximum absolute atomic E-state index is 12.7. The molecule has 1 aromatic rings. The quantitative estimate of drug-likeness (QED) is 0.665. The highest BCUT2D eigenvalue weighted by Crippen LogP contribution is 2.29. The van der Waals surface area contributed by atoms with Gasteiger partial charge in [0.15, 0.2) is 0 Å². The van der Waals surface area contributed by atoms with Gasteiger partial charge in [-0.3, -0.25) is 24.5 Å². The summed E-state index contributed by atoms with van der Waals surface area (Å²) in [6.07, 6.45) is 3.08. The minimum atomic E-state index is -0.629. The number of rotatable bonds is 4. The van der Waals surface area contributed by atoms with Crippen LogP contribution in [0.15, 0.2) is 18.2 Å². The van der Waals surface area contributed by atoms with Crippen LogP contribution in [0, 0.1) is 5.92 Å². The highest BCUT2D eigenvalue weighted by molar-refractivity contribution is 6.05. The fourth-order valence-electron chi connectivity index (χ4n) is 4.21. The Bertz CT molecular complexity index is 831. The first-order valence-electron chi connectivity index (χ1n) is 9.79. The molecule has 3 aliphatic rings. The van der Waals surface area contributed by atoms with Crippen molar-refractivity contribution in [2.45, 2.75) is 44.7 Å². The van der Waals surface area contributed by atoms with Crippen molar-refractivity contribution in [1.82, 2.24) is 15.5 Å². The van der Waals surface area contributed by atoms with Crippen LogP contribution in [0.2, 0.25) is 0 Å². The second-order valence-electron chi connectivity index (χ2n) is 7.72. The standard InChI is InChI=1S/C20H24N4O4/c25-17-4-3-16(19(27)23-17)24-11-13-10-14(1-2-15(13)20(24)28)22-18(26)9-12-5-7-21-8-6-12/h1-2,10,12,16,21H,3-9,11H2,(H,22,26)(H,23,25,27). The van der Waals surface area contributed by atoms with Crippen molar-refractivity contribution < 1.29 is 19.2 Å². The third kappa shape index (κ3) is 3.77. The van der Waals surface area contributed by atoms with Crippen molar-refractivity contribution in [2.75, 3.05) is 18.4 Å². The van der Waals surface area contributed by atoms with Crippen LogP contribution in [-0.4, -0.2) is 47.7 Å². The SMILES string of the molecule is O=C1CCC(N2Cc3cc(NC(=O)CC4CCNCC4)ccc3C2=O)C(=O)N1. The van der Waals surface area contributed by atoms with Crippen molar-refractivity contribution in [2.24, 2.45) is 5.92 Å². The molecule has 1 aromatic carbocycles. The lowest BCUT2D eigenvalue weighted by Crippen LogP contribution is -2.52. The molecule has 0 radical (unpaired) electrons. The van der Waals surface area contributed by atoms with Gasteiger partial charge in [0, 0.05) is 30.6 Å². The lowest BCUT2D eigenvalue weighted by molar-refractivity contribution is -0.137. The molecule has 3 aliphatic heterocycles. The van der Waals surface area contributed by atoms with Crippen LogP contribution in [0.5, 0.6) is 0 Å². The van der Waals surface area contributed by atoms with Gasteiger partial charge in [-0.05, 0) is 62.0 Å². The smallest absolute Gasteiger partial charge is 0.255 e. The van der Waals surface area contributed by atoms with Crippen molar-refractivity contribution in [3.05, 3.63) is 29.3 Å². The first-order chi connectivity index (χ1) is 13.5. The largest absolute Gasteiger partial charge is 0.326 e. The topological polar surface area (TPSA) is 108 Å². The summed E-state index contributed by atoms with van der Waals surface area (Å²) in [4.78, 5) is 50.0. The van der Waals surface area contributed by atoms with Gasteiger partial charge in [-0.15, -0.1) is 0 Å². The first kappa shape index (κ1) is 18.6. The van der Waals surface area contributed by atoms with Gasteiger partial charge < -0.3 is 15.5 Å². The van der Waals surface area contributed by atoms with Gasteiger partial charge in [-0.1, -0.05) is 0 Å².